The predicted molar refractivity (Wildman–Crippen MR) is 99.4 cm³/mol. The molecule has 0 fully saturated rings. The topological polar surface area (TPSA) is 208 Å². The molecule has 4 unspecified atom stereocenters. The van der Waals surface area contributed by atoms with Gasteiger partial charge in [-0.05, 0) is 25.4 Å². The molecule has 13 heteroatoms. The summed E-state index contributed by atoms with van der Waals surface area (Å²) in [6, 6.07) is -5.22. The number of carbonyl (C=O) groups is 5. The van der Waals surface area contributed by atoms with E-state index >= 15 is 0 Å². The molecule has 0 saturated carbocycles. The van der Waals surface area contributed by atoms with Gasteiger partial charge in [0.05, 0.1) is 13.0 Å². The van der Waals surface area contributed by atoms with Crippen molar-refractivity contribution in [2.24, 2.45) is 5.73 Å². The zero-order valence-corrected chi connectivity index (χ0v) is 16.3. The molecule has 8 N–H and O–H groups in total. The molecule has 0 aromatic rings. The Kier molecular flexibility index (Phi) is 11.8. The summed E-state index contributed by atoms with van der Waals surface area (Å²) in [6.07, 6.45) is 1.18. The van der Waals surface area contributed by atoms with Crippen LogP contribution in [0.4, 0.5) is 0 Å². The minimum absolute atomic E-state index is 0.180. The van der Waals surface area contributed by atoms with E-state index in [1.807, 2.05) is 0 Å². The van der Waals surface area contributed by atoms with E-state index in [1.54, 1.807) is 6.26 Å². The number of aliphatic hydroxyl groups is 1. The summed E-state index contributed by atoms with van der Waals surface area (Å²) in [5, 5.41) is 33.4. The highest BCUT2D eigenvalue weighted by Gasteiger charge is 2.29. The maximum absolute atomic E-state index is 12.2. The van der Waals surface area contributed by atoms with Gasteiger partial charge in [-0.1, -0.05) is 0 Å². The summed E-state index contributed by atoms with van der Waals surface area (Å²) in [5.41, 5.74) is 5.31. The second-order valence-electron chi connectivity index (χ2n) is 5.86. The third-order valence-electron chi connectivity index (χ3n) is 3.52. The largest absolute Gasteiger partial charge is 0.481 e. The van der Waals surface area contributed by atoms with Crippen molar-refractivity contribution in [3.8, 4) is 0 Å². The summed E-state index contributed by atoms with van der Waals surface area (Å²) in [4.78, 5) is 58.1. The lowest BCUT2D eigenvalue weighted by Gasteiger charge is -2.22. The third-order valence-corrected chi connectivity index (χ3v) is 4.17. The Hall–Kier alpha value is -2.38. The quantitative estimate of drug-likeness (QED) is 0.161. The van der Waals surface area contributed by atoms with Gasteiger partial charge in [-0.25, -0.2) is 4.79 Å². The molecule has 12 nitrogen and oxygen atoms in total. The number of thioether (sulfide) groups is 1. The van der Waals surface area contributed by atoms with Crippen LogP contribution in [0.15, 0.2) is 0 Å². The van der Waals surface area contributed by atoms with Crippen molar-refractivity contribution in [2.75, 3.05) is 18.6 Å². The summed E-state index contributed by atoms with van der Waals surface area (Å²) in [7, 11) is 0. The molecule has 0 aromatic heterocycles. The molecule has 0 aliphatic carbocycles. The van der Waals surface area contributed by atoms with Crippen molar-refractivity contribution in [2.45, 2.75) is 43.9 Å². The second kappa shape index (κ2) is 12.9. The van der Waals surface area contributed by atoms with Crippen LogP contribution in [0.1, 0.15) is 19.8 Å². The average molecular weight is 422 g/mol. The highest BCUT2D eigenvalue weighted by molar-refractivity contribution is 7.98. The lowest BCUT2D eigenvalue weighted by atomic mass is 10.1. The van der Waals surface area contributed by atoms with Gasteiger partial charge in [0.1, 0.15) is 24.2 Å². The summed E-state index contributed by atoms with van der Waals surface area (Å²) in [6.45, 7) is 0.568. The van der Waals surface area contributed by atoms with Crippen molar-refractivity contribution in [3.63, 3.8) is 0 Å². The maximum atomic E-state index is 12.2. The number of hydrogen-bond donors (Lipinski definition) is 7. The SMILES string of the molecule is CSCCC(NC(=O)C(C)NC(=O)C(CC(=O)O)NC(=O)C(N)CO)C(=O)O. The predicted octanol–water partition coefficient (Wildman–Crippen LogP) is -2.91. The van der Waals surface area contributed by atoms with Gasteiger partial charge in [0.25, 0.3) is 0 Å². The number of aliphatic hydroxyl groups excluding tert-OH is 1. The molecule has 0 spiro atoms. The van der Waals surface area contributed by atoms with Crippen LogP contribution in [0.5, 0.6) is 0 Å². The molecule has 0 saturated heterocycles. The average Bonchev–Trinajstić information content (AvgIpc) is 2.62. The monoisotopic (exact) mass is 422 g/mol. The highest BCUT2D eigenvalue weighted by Crippen LogP contribution is 2.02. The van der Waals surface area contributed by atoms with Crippen LogP contribution in [0.3, 0.4) is 0 Å². The number of rotatable bonds is 13. The van der Waals surface area contributed by atoms with E-state index in [9.17, 15) is 24.0 Å². The van der Waals surface area contributed by atoms with E-state index in [4.69, 9.17) is 21.1 Å². The van der Waals surface area contributed by atoms with Crippen molar-refractivity contribution in [1.82, 2.24) is 16.0 Å². The molecular weight excluding hydrogens is 396 g/mol. The number of carbonyl (C=O) groups excluding carboxylic acids is 3. The Morgan fingerprint density at radius 2 is 1.54 bits per heavy atom. The minimum atomic E-state index is -1.54. The Balaban J connectivity index is 4.97. The van der Waals surface area contributed by atoms with Crippen LogP contribution in [-0.2, 0) is 24.0 Å². The maximum Gasteiger partial charge on any atom is 0.326 e. The number of aliphatic carboxylic acids is 2. The molecule has 0 bridgehead atoms. The molecule has 0 aliphatic rings. The first-order valence-electron chi connectivity index (χ1n) is 8.24. The fourth-order valence-electron chi connectivity index (χ4n) is 1.91. The van der Waals surface area contributed by atoms with Gasteiger partial charge in [-0.2, -0.15) is 11.8 Å². The highest BCUT2D eigenvalue weighted by atomic mass is 32.2. The Labute approximate surface area is 165 Å². The molecular formula is C15H26N4O8S. The van der Waals surface area contributed by atoms with Crippen LogP contribution >= 0.6 is 11.8 Å². The van der Waals surface area contributed by atoms with E-state index in [1.165, 1.54) is 18.7 Å². The molecule has 0 aromatic carbocycles. The molecule has 0 rings (SSSR count). The molecule has 160 valence electrons. The van der Waals surface area contributed by atoms with E-state index < -0.39 is 66.9 Å². The summed E-state index contributed by atoms with van der Waals surface area (Å²) in [5.74, 6) is -4.82. The van der Waals surface area contributed by atoms with Gasteiger partial charge in [0.15, 0.2) is 0 Å². The standard InChI is InChI=1S/C15H26N4O8S/c1-7(12(23)18-9(15(26)27)3-4-28-2)17-14(25)10(5-11(21)22)19-13(24)8(16)6-20/h7-10,20H,3-6,16H2,1-2H3,(H,17,25)(H,18,23)(H,19,24)(H,21,22)(H,26,27). The van der Waals surface area contributed by atoms with E-state index in [0.29, 0.717) is 5.75 Å². The summed E-state index contributed by atoms with van der Waals surface area (Å²) >= 11 is 1.40. The van der Waals surface area contributed by atoms with Crippen LogP contribution in [0, 0.1) is 0 Å². The van der Waals surface area contributed by atoms with E-state index in [-0.39, 0.29) is 6.42 Å². The number of carboxylic acids is 2. The number of nitrogens with one attached hydrogen (secondary N) is 3. The van der Waals surface area contributed by atoms with Gasteiger partial charge in [0, 0.05) is 0 Å². The Bertz CT molecular complexity index is 588. The second-order valence-corrected chi connectivity index (χ2v) is 6.84. The molecule has 0 heterocycles. The van der Waals surface area contributed by atoms with Gasteiger partial charge >= 0.3 is 11.9 Å². The minimum Gasteiger partial charge on any atom is -0.481 e. The number of carboxylic acid groups (broad SMARTS) is 2. The molecule has 0 radical (unpaired) electrons. The Morgan fingerprint density at radius 3 is 2.00 bits per heavy atom. The van der Waals surface area contributed by atoms with Gasteiger partial charge in [-0.3, -0.25) is 19.2 Å². The zero-order chi connectivity index (χ0) is 21.9. The van der Waals surface area contributed by atoms with Crippen LogP contribution < -0.4 is 21.7 Å². The lowest BCUT2D eigenvalue weighted by molar-refractivity contribution is -0.143. The van der Waals surface area contributed by atoms with Gasteiger partial charge < -0.3 is 37.0 Å². The first-order chi connectivity index (χ1) is 13.0. The van der Waals surface area contributed by atoms with Gasteiger partial charge in [0.2, 0.25) is 17.7 Å². The van der Waals surface area contributed by atoms with E-state index in [0.717, 1.165) is 0 Å². The smallest absolute Gasteiger partial charge is 0.326 e. The van der Waals surface area contributed by atoms with Gasteiger partial charge in [-0.15, -0.1) is 0 Å². The van der Waals surface area contributed by atoms with Crippen molar-refractivity contribution >= 4 is 41.4 Å². The number of hydrogen-bond acceptors (Lipinski definition) is 8. The Morgan fingerprint density at radius 1 is 0.964 bits per heavy atom. The third kappa shape index (κ3) is 9.53. The van der Waals surface area contributed by atoms with Crippen LogP contribution in [0.2, 0.25) is 0 Å². The normalized spacial score (nSPS) is 14.9. The lowest BCUT2D eigenvalue weighted by Crippen LogP contribution is -2.57. The molecule has 4 atom stereocenters. The fraction of sp³-hybridized carbons (Fsp3) is 0.667. The zero-order valence-electron chi connectivity index (χ0n) is 15.5. The number of nitrogens with two attached hydrogens (primary N) is 1. The van der Waals surface area contributed by atoms with E-state index in [2.05, 4.69) is 16.0 Å². The molecule has 3 amide bonds. The van der Waals surface area contributed by atoms with Crippen LogP contribution in [-0.4, -0.2) is 87.8 Å². The van der Waals surface area contributed by atoms with Crippen molar-refractivity contribution < 1.29 is 39.3 Å². The van der Waals surface area contributed by atoms with Crippen molar-refractivity contribution in [3.05, 3.63) is 0 Å². The summed E-state index contributed by atoms with van der Waals surface area (Å²) < 4.78 is 0. The van der Waals surface area contributed by atoms with Crippen molar-refractivity contribution in [1.29, 1.82) is 0 Å². The molecule has 0 aliphatic heterocycles. The first-order valence-corrected chi connectivity index (χ1v) is 9.63. The molecule has 28 heavy (non-hydrogen) atoms. The fourth-order valence-corrected chi connectivity index (χ4v) is 2.39. The first kappa shape index (κ1) is 25.6. The number of amides is 3. The van der Waals surface area contributed by atoms with Crippen LogP contribution in [0.25, 0.3) is 0 Å².